The Morgan fingerprint density at radius 2 is 2.50 bits per heavy atom. The number of rotatable bonds is 3. The first kappa shape index (κ1) is 13.1. The Hall–Kier alpha value is -1.30. The second kappa shape index (κ2) is 5.56. The Morgan fingerprint density at radius 3 is 3.22 bits per heavy atom. The van der Waals surface area contributed by atoms with Crippen LogP contribution in [0.1, 0.15) is 6.42 Å². The monoisotopic (exact) mass is 329 g/mol. The minimum absolute atomic E-state index is 0.00361. The molecule has 8 heteroatoms. The molecule has 0 radical (unpaired) electrons. The molecule has 1 aliphatic heterocycles. The van der Waals surface area contributed by atoms with Crippen molar-refractivity contribution in [1.29, 1.82) is 0 Å². The number of carbonyl (C=O) groups excluding carboxylic acids is 1. The molecule has 18 heavy (non-hydrogen) atoms. The molecule has 0 saturated carbocycles. The zero-order valence-electron chi connectivity index (χ0n) is 9.25. The van der Waals surface area contributed by atoms with Crippen LogP contribution in [0.2, 0.25) is 5.15 Å². The molecule has 1 saturated heterocycles. The lowest BCUT2D eigenvalue weighted by Crippen LogP contribution is -2.25. The highest BCUT2D eigenvalue weighted by Crippen LogP contribution is 2.32. The quantitative estimate of drug-likeness (QED) is 0.369. The van der Waals surface area contributed by atoms with Crippen LogP contribution in [0.15, 0.2) is 21.9 Å². The number of carbonyl (C=O) groups is 1. The van der Waals surface area contributed by atoms with Gasteiger partial charge in [-0.3, -0.25) is 4.79 Å². The molecule has 1 aromatic rings. The van der Waals surface area contributed by atoms with Crippen molar-refractivity contribution in [1.82, 2.24) is 4.98 Å². The summed E-state index contributed by atoms with van der Waals surface area (Å²) in [6, 6.07) is 1.64. The van der Waals surface area contributed by atoms with E-state index in [0.717, 1.165) is 0 Å². The molecule has 0 spiro atoms. The zero-order valence-corrected chi connectivity index (χ0v) is 11.6. The fraction of sp³-hybridized carbons (Fsp3) is 0.400. The maximum atomic E-state index is 11.9. The number of halogens is 2. The van der Waals surface area contributed by atoms with E-state index in [-0.39, 0.29) is 11.8 Å². The van der Waals surface area contributed by atoms with Crippen LogP contribution in [0, 0.1) is 5.92 Å². The highest BCUT2D eigenvalue weighted by Gasteiger charge is 2.31. The molecule has 0 aliphatic carbocycles. The Bertz CT molecular complexity index is 531. The van der Waals surface area contributed by atoms with Crippen LogP contribution in [0.25, 0.3) is 10.4 Å². The maximum absolute atomic E-state index is 11.9. The zero-order chi connectivity index (χ0) is 13.1. The average molecular weight is 331 g/mol. The Morgan fingerprint density at radius 1 is 1.72 bits per heavy atom. The first-order valence-corrected chi connectivity index (χ1v) is 6.41. The topological polar surface area (TPSA) is 82.0 Å². The van der Waals surface area contributed by atoms with E-state index >= 15 is 0 Å². The Balaban J connectivity index is 2.21. The Labute approximate surface area is 117 Å². The molecule has 1 atom stereocenters. The van der Waals surface area contributed by atoms with Crippen LogP contribution in [0.4, 0.5) is 5.69 Å². The minimum Gasteiger partial charge on any atom is -0.311 e. The van der Waals surface area contributed by atoms with Gasteiger partial charge in [0, 0.05) is 36.7 Å². The largest absolute Gasteiger partial charge is 0.311 e. The molecule has 0 aromatic carbocycles. The summed E-state index contributed by atoms with van der Waals surface area (Å²) in [5, 5.41) is 3.84. The summed E-state index contributed by atoms with van der Waals surface area (Å²) in [4.78, 5) is 20.2. The first-order valence-electron chi connectivity index (χ1n) is 5.24. The Kier molecular flexibility index (Phi) is 4.06. The molecule has 1 unspecified atom stereocenters. The van der Waals surface area contributed by atoms with E-state index in [1.807, 2.05) is 0 Å². The van der Waals surface area contributed by atoms with Crippen molar-refractivity contribution in [2.24, 2.45) is 11.0 Å². The van der Waals surface area contributed by atoms with Gasteiger partial charge in [0.15, 0.2) is 0 Å². The number of nitrogens with zero attached hydrogens (tertiary/aromatic N) is 5. The van der Waals surface area contributed by atoms with Gasteiger partial charge in [0.25, 0.3) is 0 Å². The van der Waals surface area contributed by atoms with Gasteiger partial charge in [0.1, 0.15) is 5.15 Å². The number of amides is 1. The van der Waals surface area contributed by atoms with Gasteiger partial charge in [-0.15, -0.1) is 0 Å². The van der Waals surface area contributed by atoms with Gasteiger partial charge in [-0.2, -0.15) is 0 Å². The van der Waals surface area contributed by atoms with Crippen molar-refractivity contribution in [3.8, 4) is 0 Å². The van der Waals surface area contributed by atoms with Gasteiger partial charge in [-0.25, -0.2) is 4.98 Å². The van der Waals surface area contributed by atoms with E-state index in [2.05, 4.69) is 30.9 Å². The summed E-state index contributed by atoms with van der Waals surface area (Å²) in [6.07, 6.45) is 1.94. The van der Waals surface area contributed by atoms with Crippen molar-refractivity contribution >= 4 is 39.1 Å². The number of anilines is 1. The number of azide groups is 1. The lowest BCUT2D eigenvalue weighted by Gasteiger charge is -2.18. The molecule has 1 aromatic heterocycles. The minimum atomic E-state index is -0.00361. The fourth-order valence-electron chi connectivity index (χ4n) is 1.90. The molecular weight excluding hydrogens is 322 g/mol. The molecule has 0 bridgehead atoms. The lowest BCUT2D eigenvalue weighted by molar-refractivity contribution is -0.117. The van der Waals surface area contributed by atoms with Crippen molar-refractivity contribution in [3.05, 3.63) is 32.3 Å². The predicted molar refractivity (Wildman–Crippen MR) is 71.4 cm³/mol. The van der Waals surface area contributed by atoms with Crippen LogP contribution < -0.4 is 4.90 Å². The maximum Gasteiger partial charge on any atom is 0.227 e. The van der Waals surface area contributed by atoms with Crippen molar-refractivity contribution in [2.45, 2.75) is 6.42 Å². The normalized spacial score (nSPS) is 18.9. The van der Waals surface area contributed by atoms with Crippen LogP contribution in [-0.4, -0.2) is 24.0 Å². The number of aromatic nitrogens is 1. The highest BCUT2D eigenvalue weighted by molar-refractivity contribution is 9.10. The summed E-state index contributed by atoms with van der Waals surface area (Å²) in [5.74, 6) is 0.0448. The second-order valence-electron chi connectivity index (χ2n) is 3.95. The number of hydrogen-bond acceptors (Lipinski definition) is 3. The van der Waals surface area contributed by atoms with Crippen LogP contribution in [0.3, 0.4) is 0 Å². The van der Waals surface area contributed by atoms with E-state index in [1.54, 1.807) is 17.2 Å². The van der Waals surface area contributed by atoms with Gasteiger partial charge in [0.05, 0.1) is 10.2 Å². The third kappa shape index (κ3) is 2.75. The van der Waals surface area contributed by atoms with Crippen molar-refractivity contribution < 1.29 is 4.79 Å². The fourth-order valence-corrected chi connectivity index (χ4v) is 2.48. The number of hydrogen-bond donors (Lipinski definition) is 0. The predicted octanol–water partition coefficient (Wildman–Crippen LogP) is 3.16. The van der Waals surface area contributed by atoms with Gasteiger partial charge in [-0.1, -0.05) is 16.7 Å². The van der Waals surface area contributed by atoms with Crippen molar-refractivity contribution in [2.75, 3.05) is 18.0 Å². The van der Waals surface area contributed by atoms with Gasteiger partial charge < -0.3 is 4.90 Å². The second-order valence-corrected chi connectivity index (χ2v) is 5.19. The van der Waals surface area contributed by atoms with E-state index < -0.39 is 0 Å². The van der Waals surface area contributed by atoms with Gasteiger partial charge in [0.2, 0.25) is 5.91 Å². The summed E-state index contributed by atoms with van der Waals surface area (Å²) in [7, 11) is 0. The average Bonchev–Trinajstić information content (AvgIpc) is 2.71. The van der Waals surface area contributed by atoms with E-state index in [4.69, 9.17) is 17.1 Å². The number of pyridine rings is 1. The summed E-state index contributed by atoms with van der Waals surface area (Å²) in [5.41, 5.74) is 8.98. The van der Waals surface area contributed by atoms with Gasteiger partial charge >= 0.3 is 0 Å². The van der Waals surface area contributed by atoms with Crippen LogP contribution in [-0.2, 0) is 4.79 Å². The smallest absolute Gasteiger partial charge is 0.227 e. The molecule has 0 N–H and O–H groups in total. The summed E-state index contributed by atoms with van der Waals surface area (Å²) in [6.45, 7) is 0.853. The molecule has 1 amide bonds. The van der Waals surface area contributed by atoms with Crippen molar-refractivity contribution in [3.63, 3.8) is 0 Å². The highest BCUT2D eigenvalue weighted by atomic mass is 79.9. The summed E-state index contributed by atoms with van der Waals surface area (Å²) >= 11 is 9.17. The molecule has 2 rings (SSSR count). The van der Waals surface area contributed by atoms with Gasteiger partial charge in [-0.05, 0) is 27.4 Å². The summed E-state index contributed by atoms with van der Waals surface area (Å²) < 4.78 is 0.713. The van der Waals surface area contributed by atoms with E-state index in [0.29, 0.717) is 34.8 Å². The van der Waals surface area contributed by atoms with Crippen LogP contribution >= 0.6 is 27.5 Å². The molecular formula is C10H9BrClN5O. The molecule has 94 valence electrons. The SMILES string of the molecule is [N-]=[N+]=NCC1CC(=O)N(c2cc(Cl)ncc2Br)C1. The standard InChI is InChI=1S/C10H9BrClN5O/c11-7-4-14-9(12)2-8(7)17-5-6(1-10(17)18)3-15-16-13/h2,4,6H,1,3,5H2. The van der Waals surface area contributed by atoms with E-state index in [9.17, 15) is 4.79 Å². The first-order chi connectivity index (χ1) is 8.61. The molecule has 1 fully saturated rings. The third-order valence-corrected chi connectivity index (χ3v) is 3.52. The lowest BCUT2D eigenvalue weighted by atomic mass is 10.1. The third-order valence-electron chi connectivity index (χ3n) is 2.70. The molecule has 6 nitrogen and oxygen atoms in total. The van der Waals surface area contributed by atoms with E-state index in [1.165, 1.54) is 0 Å². The van der Waals surface area contributed by atoms with Crippen LogP contribution in [0.5, 0.6) is 0 Å². The molecule has 2 heterocycles. The molecule has 1 aliphatic rings.